The lowest BCUT2D eigenvalue weighted by atomic mass is 10.2. The smallest absolute Gasteiger partial charge is 0.330 e. The molecule has 0 fully saturated rings. The molecule has 0 aliphatic heterocycles. The van der Waals surface area contributed by atoms with E-state index < -0.39 is 5.97 Å². The van der Waals surface area contributed by atoms with Gasteiger partial charge in [0.25, 0.3) is 0 Å². The lowest BCUT2D eigenvalue weighted by Crippen LogP contribution is -2.32. The first-order valence-corrected chi connectivity index (χ1v) is 5.77. The van der Waals surface area contributed by atoms with Crippen LogP contribution >= 0.6 is 11.8 Å². The second-order valence-electron chi connectivity index (χ2n) is 3.79. The van der Waals surface area contributed by atoms with Gasteiger partial charge >= 0.3 is 5.97 Å². The maximum absolute atomic E-state index is 10.4. The van der Waals surface area contributed by atoms with Crippen molar-refractivity contribution in [3.8, 4) is 0 Å². The van der Waals surface area contributed by atoms with E-state index in [0.717, 1.165) is 6.54 Å². The summed E-state index contributed by atoms with van der Waals surface area (Å²) in [6.45, 7) is 7.39. The Labute approximate surface area is 90.0 Å². The van der Waals surface area contributed by atoms with E-state index in [0.29, 0.717) is 12.1 Å². The molecule has 0 aromatic carbocycles. The summed E-state index contributed by atoms with van der Waals surface area (Å²) >= 11 is 1.79. The second kappa shape index (κ2) is 6.09. The summed E-state index contributed by atoms with van der Waals surface area (Å²) < 4.78 is 0.199. The van der Waals surface area contributed by atoms with Gasteiger partial charge in [-0.15, -0.1) is 0 Å². The summed E-state index contributed by atoms with van der Waals surface area (Å²) in [5.41, 5.74) is 0.388. The molecule has 0 aromatic rings. The van der Waals surface area contributed by atoms with Crippen molar-refractivity contribution in [2.24, 2.45) is 0 Å². The van der Waals surface area contributed by atoms with Gasteiger partial charge in [0, 0.05) is 23.4 Å². The fourth-order valence-electron chi connectivity index (χ4n) is 0.758. The summed E-state index contributed by atoms with van der Waals surface area (Å²) in [5.74, 6) is -0.851. The summed E-state index contributed by atoms with van der Waals surface area (Å²) in [5, 5.41) is 11.8. The van der Waals surface area contributed by atoms with Crippen molar-refractivity contribution in [2.45, 2.75) is 25.5 Å². The van der Waals surface area contributed by atoms with E-state index in [2.05, 4.69) is 25.4 Å². The minimum Gasteiger partial charge on any atom is -0.478 e. The molecule has 0 atom stereocenters. The molecule has 82 valence electrons. The standard InChI is InChI=1S/C10H19NO2S/c1-8(9(12)13)5-6-11-7-10(2,3)14-4/h5,11H,6-7H2,1-4H3,(H,12,13)/b8-5-. The SMILES string of the molecule is CSC(C)(C)CNC/C=C(/C)C(=O)O. The molecular weight excluding hydrogens is 198 g/mol. The van der Waals surface area contributed by atoms with Gasteiger partial charge < -0.3 is 10.4 Å². The number of carbonyl (C=O) groups is 1. The topological polar surface area (TPSA) is 49.3 Å². The summed E-state index contributed by atoms with van der Waals surface area (Å²) in [6, 6.07) is 0. The van der Waals surface area contributed by atoms with Crippen molar-refractivity contribution < 1.29 is 9.90 Å². The monoisotopic (exact) mass is 217 g/mol. The van der Waals surface area contributed by atoms with Crippen molar-refractivity contribution in [2.75, 3.05) is 19.3 Å². The van der Waals surface area contributed by atoms with Gasteiger partial charge in [0.2, 0.25) is 0 Å². The number of hydrogen-bond acceptors (Lipinski definition) is 3. The highest BCUT2D eigenvalue weighted by Gasteiger charge is 2.14. The van der Waals surface area contributed by atoms with Crippen molar-refractivity contribution in [1.82, 2.24) is 5.32 Å². The first-order valence-electron chi connectivity index (χ1n) is 4.55. The number of aliphatic carboxylic acids is 1. The molecule has 0 unspecified atom stereocenters. The van der Waals surface area contributed by atoms with Crippen LogP contribution in [0.3, 0.4) is 0 Å². The van der Waals surface area contributed by atoms with Gasteiger partial charge in [-0.2, -0.15) is 11.8 Å². The third kappa shape index (κ3) is 6.05. The van der Waals surface area contributed by atoms with Crippen molar-refractivity contribution in [1.29, 1.82) is 0 Å². The van der Waals surface area contributed by atoms with Gasteiger partial charge in [-0.25, -0.2) is 4.79 Å². The molecule has 0 aliphatic carbocycles. The van der Waals surface area contributed by atoms with E-state index in [4.69, 9.17) is 5.11 Å². The van der Waals surface area contributed by atoms with Gasteiger partial charge in [0.05, 0.1) is 0 Å². The Morgan fingerprint density at radius 2 is 2.14 bits per heavy atom. The predicted octanol–water partition coefficient (Wildman–Crippen LogP) is 1.75. The molecule has 0 bridgehead atoms. The zero-order valence-electron chi connectivity index (χ0n) is 9.26. The lowest BCUT2D eigenvalue weighted by molar-refractivity contribution is -0.132. The molecule has 0 heterocycles. The Balaban J connectivity index is 3.76. The van der Waals surface area contributed by atoms with Crippen LogP contribution in [0.5, 0.6) is 0 Å². The Hall–Kier alpha value is -0.480. The van der Waals surface area contributed by atoms with Crippen LogP contribution in [0, 0.1) is 0 Å². The number of hydrogen-bond donors (Lipinski definition) is 2. The fourth-order valence-corrected chi connectivity index (χ4v) is 1.00. The predicted molar refractivity (Wildman–Crippen MR) is 61.9 cm³/mol. The number of carboxylic acids is 1. The number of thioether (sulfide) groups is 1. The third-order valence-electron chi connectivity index (χ3n) is 1.99. The number of nitrogens with one attached hydrogen (secondary N) is 1. The minimum absolute atomic E-state index is 0.199. The highest BCUT2D eigenvalue weighted by molar-refractivity contribution is 7.99. The molecule has 2 N–H and O–H groups in total. The quantitative estimate of drug-likeness (QED) is 0.525. The van der Waals surface area contributed by atoms with Crippen LogP contribution in [-0.4, -0.2) is 35.2 Å². The fraction of sp³-hybridized carbons (Fsp3) is 0.700. The molecule has 4 heteroatoms. The van der Waals surface area contributed by atoms with Crippen molar-refractivity contribution in [3.05, 3.63) is 11.6 Å². The van der Waals surface area contributed by atoms with Crippen LogP contribution in [0.15, 0.2) is 11.6 Å². The zero-order chi connectivity index (χ0) is 11.2. The third-order valence-corrected chi connectivity index (χ3v) is 3.24. The van der Waals surface area contributed by atoms with Crippen LogP contribution < -0.4 is 5.32 Å². The highest BCUT2D eigenvalue weighted by atomic mass is 32.2. The molecule has 0 aromatic heterocycles. The Morgan fingerprint density at radius 3 is 2.57 bits per heavy atom. The van der Waals surface area contributed by atoms with E-state index in [1.54, 1.807) is 24.8 Å². The summed E-state index contributed by atoms with van der Waals surface area (Å²) in [4.78, 5) is 10.4. The van der Waals surface area contributed by atoms with Gasteiger partial charge in [-0.3, -0.25) is 0 Å². The van der Waals surface area contributed by atoms with Crippen molar-refractivity contribution in [3.63, 3.8) is 0 Å². The van der Waals surface area contributed by atoms with Crippen LogP contribution in [0.4, 0.5) is 0 Å². The largest absolute Gasteiger partial charge is 0.478 e. The van der Waals surface area contributed by atoms with Gasteiger partial charge in [0.15, 0.2) is 0 Å². The average Bonchev–Trinajstić information content (AvgIpc) is 2.12. The van der Waals surface area contributed by atoms with E-state index in [1.165, 1.54) is 0 Å². The normalized spacial score (nSPS) is 13.0. The van der Waals surface area contributed by atoms with Crippen LogP contribution in [0.2, 0.25) is 0 Å². The molecule has 0 saturated heterocycles. The summed E-state index contributed by atoms with van der Waals surface area (Å²) in [7, 11) is 0. The molecule has 0 rings (SSSR count). The van der Waals surface area contributed by atoms with Crippen LogP contribution in [-0.2, 0) is 4.79 Å². The number of rotatable bonds is 6. The minimum atomic E-state index is -0.851. The van der Waals surface area contributed by atoms with Crippen molar-refractivity contribution >= 4 is 17.7 Å². The van der Waals surface area contributed by atoms with Gasteiger partial charge in [-0.1, -0.05) is 6.08 Å². The van der Waals surface area contributed by atoms with E-state index in [-0.39, 0.29) is 4.75 Å². The Kier molecular flexibility index (Phi) is 5.88. The lowest BCUT2D eigenvalue weighted by Gasteiger charge is -2.21. The molecule has 0 saturated carbocycles. The molecule has 0 spiro atoms. The van der Waals surface area contributed by atoms with E-state index >= 15 is 0 Å². The molecule has 0 radical (unpaired) electrons. The molecule has 14 heavy (non-hydrogen) atoms. The first kappa shape index (κ1) is 13.5. The zero-order valence-corrected chi connectivity index (χ0v) is 10.1. The Morgan fingerprint density at radius 1 is 1.57 bits per heavy atom. The molecule has 3 nitrogen and oxygen atoms in total. The molecule has 0 aliphatic rings. The van der Waals surface area contributed by atoms with Crippen LogP contribution in [0.25, 0.3) is 0 Å². The Bertz CT molecular complexity index is 224. The summed E-state index contributed by atoms with van der Waals surface area (Å²) in [6.07, 6.45) is 3.76. The average molecular weight is 217 g/mol. The van der Waals surface area contributed by atoms with Gasteiger partial charge in [-0.05, 0) is 27.0 Å². The maximum atomic E-state index is 10.4. The first-order chi connectivity index (χ1) is 6.39. The highest BCUT2D eigenvalue weighted by Crippen LogP contribution is 2.19. The second-order valence-corrected chi connectivity index (χ2v) is 5.30. The maximum Gasteiger partial charge on any atom is 0.330 e. The molecule has 0 amide bonds. The van der Waals surface area contributed by atoms with Crippen LogP contribution in [0.1, 0.15) is 20.8 Å². The van der Waals surface area contributed by atoms with E-state index in [9.17, 15) is 4.79 Å². The van der Waals surface area contributed by atoms with E-state index in [1.807, 2.05) is 0 Å². The van der Waals surface area contributed by atoms with Gasteiger partial charge in [0.1, 0.15) is 0 Å². The number of carboxylic acid groups (broad SMARTS) is 1. The molecular formula is C10H19NO2S.